The molecule has 0 saturated heterocycles. The van der Waals surface area contributed by atoms with Crippen LogP contribution in [0.25, 0.3) is 5.57 Å². The molecule has 0 aromatic carbocycles. The molecule has 0 saturated carbocycles. The van der Waals surface area contributed by atoms with Gasteiger partial charge < -0.3 is 4.98 Å². The molecule has 0 unspecified atom stereocenters. The lowest BCUT2D eigenvalue weighted by Crippen LogP contribution is -2.18. The Labute approximate surface area is 77.3 Å². The van der Waals surface area contributed by atoms with Crippen LogP contribution in [0.5, 0.6) is 0 Å². The van der Waals surface area contributed by atoms with Crippen molar-refractivity contribution in [1.82, 2.24) is 9.97 Å². The van der Waals surface area contributed by atoms with Gasteiger partial charge in [0.1, 0.15) is 0 Å². The van der Waals surface area contributed by atoms with Crippen LogP contribution in [0.15, 0.2) is 17.7 Å². The highest BCUT2D eigenvalue weighted by atomic mass is 19.4. The first-order valence-electron chi connectivity index (χ1n) is 3.65. The van der Waals surface area contributed by atoms with E-state index < -0.39 is 23.0 Å². The number of rotatable bonds is 1. The van der Waals surface area contributed by atoms with E-state index in [-0.39, 0.29) is 5.56 Å². The maximum absolute atomic E-state index is 12.2. The van der Waals surface area contributed by atoms with Crippen molar-refractivity contribution < 1.29 is 13.2 Å². The minimum Gasteiger partial charge on any atom is -0.313 e. The van der Waals surface area contributed by atoms with Crippen LogP contribution in [-0.4, -0.2) is 16.1 Å². The number of aromatic nitrogens is 2. The minimum absolute atomic E-state index is 0.0881. The smallest absolute Gasteiger partial charge is 0.313 e. The van der Waals surface area contributed by atoms with Crippen LogP contribution < -0.4 is 5.56 Å². The summed E-state index contributed by atoms with van der Waals surface area (Å²) < 4.78 is 36.6. The topological polar surface area (TPSA) is 45.8 Å². The Morgan fingerprint density at radius 2 is 2.14 bits per heavy atom. The first kappa shape index (κ1) is 10.5. The van der Waals surface area contributed by atoms with Crippen LogP contribution in [0, 0.1) is 6.92 Å². The van der Waals surface area contributed by atoms with E-state index in [0.29, 0.717) is 0 Å². The van der Waals surface area contributed by atoms with Gasteiger partial charge in [-0.1, -0.05) is 6.58 Å². The van der Waals surface area contributed by atoms with E-state index in [1.54, 1.807) is 0 Å². The molecule has 0 radical (unpaired) electrons. The monoisotopic (exact) mass is 204 g/mol. The zero-order valence-electron chi connectivity index (χ0n) is 7.27. The Morgan fingerprint density at radius 1 is 1.57 bits per heavy atom. The number of alkyl halides is 3. The molecule has 0 aliphatic rings. The first-order chi connectivity index (χ1) is 6.34. The number of hydrogen-bond donors (Lipinski definition) is 1. The summed E-state index contributed by atoms with van der Waals surface area (Å²) in [4.78, 5) is 16.6. The van der Waals surface area contributed by atoms with Crippen LogP contribution in [0.2, 0.25) is 0 Å². The van der Waals surface area contributed by atoms with E-state index in [4.69, 9.17) is 0 Å². The van der Waals surface area contributed by atoms with E-state index in [9.17, 15) is 18.0 Å². The number of hydrogen-bond acceptors (Lipinski definition) is 2. The predicted octanol–water partition coefficient (Wildman–Crippen LogP) is 1.65. The van der Waals surface area contributed by atoms with Gasteiger partial charge >= 0.3 is 6.18 Å². The molecule has 76 valence electrons. The quantitative estimate of drug-likeness (QED) is 0.756. The molecule has 1 heterocycles. The van der Waals surface area contributed by atoms with Crippen LogP contribution in [0.3, 0.4) is 0 Å². The third-order valence-electron chi connectivity index (χ3n) is 1.71. The summed E-state index contributed by atoms with van der Waals surface area (Å²) in [5, 5.41) is 0. The molecule has 1 rings (SSSR count). The first-order valence-corrected chi connectivity index (χ1v) is 3.65. The molecule has 3 nitrogen and oxygen atoms in total. The Balaban J connectivity index is 3.28. The normalized spacial score (nSPS) is 11.4. The molecule has 0 bridgehead atoms. The highest BCUT2D eigenvalue weighted by molar-refractivity contribution is 5.66. The van der Waals surface area contributed by atoms with Gasteiger partial charge in [0.05, 0.1) is 17.6 Å². The van der Waals surface area contributed by atoms with Gasteiger partial charge in [0.2, 0.25) is 0 Å². The number of nitrogens with zero attached hydrogens (tertiary/aromatic N) is 1. The van der Waals surface area contributed by atoms with Crippen LogP contribution in [0.1, 0.15) is 11.3 Å². The van der Waals surface area contributed by atoms with Gasteiger partial charge in [-0.05, 0) is 6.92 Å². The van der Waals surface area contributed by atoms with Crippen molar-refractivity contribution in [3.8, 4) is 0 Å². The van der Waals surface area contributed by atoms with E-state index in [0.717, 1.165) is 6.33 Å². The molecule has 1 N–H and O–H groups in total. The highest BCUT2D eigenvalue weighted by Gasteiger charge is 2.34. The van der Waals surface area contributed by atoms with E-state index in [1.165, 1.54) is 6.92 Å². The summed E-state index contributed by atoms with van der Waals surface area (Å²) in [6.45, 7) is 4.12. The van der Waals surface area contributed by atoms with E-state index >= 15 is 0 Å². The Kier molecular flexibility index (Phi) is 2.46. The average molecular weight is 204 g/mol. The van der Waals surface area contributed by atoms with Gasteiger partial charge in [-0.2, -0.15) is 13.2 Å². The summed E-state index contributed by atoms with van der Waals surface area (Å²) in [7, 11) is 0. The molecule has 1 aromatic rings. The fourth-order valence-electron chi connectivity index (χ4n) is 0.907. The molecule has 1 aromatic heterocycles. The lowest BCUT2D eigenvalue weighted by molar-refractivity contribution is -0.0689. The Hall–Kier alpha value is -1.59. The third-order valence-corrected chi connectivity index (χ3v) is 1.71. The van der Waals surface area contributed by atoms with Gasteiger partial charge in [-0.3, -0.25) is 4.79 Å². The lowest BCUT2D eigenvalue weighted by atomic mass is 10.1. The molecule has 6 heteroatoms. The lowest BCUT2D eigenvalue weighted by Gasteiger charge is -2.10. The van der Waals surface area contributed by atoms with Crippen LogP contribution in [-0.2, 0) is 0 Å². The molecule has 14 heavy (non-hydrogen) atoms. The van der Waals surface area contributed by atoms with Gasteiger partial charge in [0.15, 0.2) is 0 Å². The second-order valence-electron chi connectivity index (χ2n) is 2.68. The summed E-state index contributed by atoms with van der Waals surface area (Å²) in [6.07, 6.45) is -3.65. The molecule has 0 aliphatic heterocycles. The fourth-order valence-corrected chi connectivity index (χ4v) is 0.907. The number of H-pyrrole nitrogens is 1. The van der Waals surface area contributed by atoms with Crippen molar-refractivity contribution in [2.45, 2.75) is 13.1 Å². The third kappa shape index (κ3) is 1.84. The molecular formula is C8H7F3N2O. The Morgan fingerprint density at radius 3 is 2.64 bits per heavy atom. The van der Waals surface area contributed by atoms with Crippen LogP contribution in [0.4, 0.5) is 13.2 Å². The summed E-state index contributed by atoms with van der Waals surface area (Å²) >= 11 is 0. The summed E-state index contributed by atoms with van der Waals surface area (Å²) in [6, 6.07) is 0. The highest BCUT2D eigenvalue weighted by Crippen LogP contribution is 2.31. The van der Waals surface area contributed by atoms with Crippen molar-refractivity contribution in [3.63, 3.8) is 0 Å². The standard InChI is InChI=1S/C8H7F3N2O/c1-4-6(5(2)8(9,10)11)12-3-13-7(4)14/h3H,2H2,1H3,(H,12,13,14). The van der Waals surface area contributed by atoms with Gasteiger partial charge in [-0.25, -0.2) is 4.98 Å². The van der Waals surface area contributed by atoms with Crippen molar-refractivity contribution >= 4 is 5.57 Å². The number of allylic oxidation sites excluding steroid dienone is 1. The zero-order chi connectivity index (χ0) is 10.9. The Bertz CT molecular complexity index is 419. The molecule has 0 atom stereocenters. The predicted molar refractivity (Wildman–Crippen MR) is 44.7 cm³/mol. The largest absolute Gasteiger partial charge is 0.417 e. The molecule has 0 aliphatic carbocycles. The van der Waals surface area contributed by atoms with Crippen molar-refractivity contribution in [2.75, 3.05) is 0 Å². The van der Waals surface area contributed by atoms with E-state index in [2.05, 4.69) is 16.5 Å². The van der Waals surface area contributed by atoms with Crippen LogP contribution >= 0.6 is 0 Å². The molecule has 0 fully saturated rings. The van der Waals surface area contributed by atoms with E-state index in [1.807, 2.05) is 0 Å². The molecule has 0 amide bonds. The maximum atomic E-state index is 12.2. The van der Waals surface area contributed by atoms with Crippen molar-refractivity contribution in [3.05, 3.63) is 34.5 Å². The van der Waals surface area contributed by atoms with Gasteiger partial charge in [-0.15, -0.1) is 0 Å². The number of halogens is 3. The molecule has 0 spiro atoms. The fraction of sp³-hybridized carbons (Fsp3) is 0.250. The maximum Gasteiger partial charge on any atom is 0.417 e. The summed E-state index contributed by atoms with van der Waals surface area (Å²) in [5.74, 6) is 0. The van der Waals surface area contributed by atoms with Crippen molar-refractivity contribution in [2.24, 2.45) is 0 Å². The second-order valence-corrected chi connectivity index (χ2v) is 2.68. The number of nitrogens with one attached hydrogen (secondary N) is 1. The minimum atomic E-state index is -4.56. The second kappa shape index (κ2) is 3.28. The summed E-state index contributed by atoms with van der Waals surface area (Å²) in [5.41, 5.74) is -2.21. The van der Waals surface area contributed by atoms with Gasteiger partial charge in [0, 0.05) is 5.56 Å². The average Bonchev–Trinajstić information content (AvgIpc) is 2.07. The zero-order valence-corrected chi connectivity index (χ0v) is 7.27. The van der Waals surface area contributed by atoms with Crippen molar-refractivity contribution in [1.29, 1.82) is 0 Å². The molecular weight excluding hydrogens is 197 g/mol. The van der Waals surface area contributed by atoms with Gasteiger partial charge in [0.25, 0.3) is 5.56 Å². The number of aromatic amines is 1. The SMILES string of the molecule is C=C(c1nc[nH]c(=O)c1C)C(F)(F)F.